The van der Waals surface area contributed by atoms with Crippen molar-refractivity contribution < 1.29 is 9.32 Å². The average Bonchev–Trinajstić information content (AvgIpc) is 3.05. The van der Waals surface area contributed by atoms with Crippen LogP contribution < -0.4 is 5.32 Å². The average molecular weight is 325 g/mol. The Morgan fingerprint density at radius 2 is 2.27 bits per heavy atom. The number of nitrogens with zero attached hydrogens (tertiary/aromatic N) is 3. The molecular weight excluding hydrogens is 304 g/mol. The summed E-state index contributed by atoms with van der Waals surface area (Å²) in [6.07, 6.45) is 2.09. The molecule has 2 aromatic rings. The number of aromatic nitrogens is 2. The van der Waals surface area contributed by atoms with E-state index in [1.54, 1.807) is 0 Å². The van der Waals surface area contributed by atoms with Gasteiger partial charge in [0, 0.05) is 24.8 Å². The summed E-state index contributed by atoms with van der Waals surface area (Å²) in [5, 5.41) is 7.84. The van der Waals surface area contributed by atoms with Gasteiger partial charge in [0.05, 0.1) is 16.6 Å². The number of hydrogen-bond donors (Lipinski definition) is 1. The summed E-state index contributed by atoms with van der Waals surface area (Å²) in [5.74, 6) is 0.0505. The summed E-state index contributed by atoms with van der Waals surface area (Å²) in [7, 11) is 1.92. The molecule has 3 heterocycles. The SMILES string of the molecule is CNCC1CCCN1C(=O)c1cc(C)nc2onc(C)c12.Cl. The van der Waals surface area contributed by atoms with E-state index in [2.05, 4.69) is 15.5 Å². The fraction of sp³-hybridized carbons (Fsp3) is 0.533. The molecule has 3 rings (SSSR count). The van der Waals surface area contributed by atoms with Crippen LogP contribution in [-0.4, -0.2) is 47.1 Å². The molecule has 0 saturated carbocycles. The zero-order valence-electron chi connectivity index (χ0n) is 13.0. The molecule has 22 heavy (non-hydrogen) atoms. The van der Waals surface area contributed by atoms with Gasteiger partial charge in [-0.15, -0.1) is 12.4 Å². The molecule has 0 bridgehead atoms. The topological polar surface area (TPSA) is 71.3 Å². The summed E-state index contributed by atoms with van der Waals surface area (Å²) in [6, 6.07) is 2.09. The van der Waals surface area contributed by atoms with Crippen molar-refractivity contribution in [2.45, 2.75) is 32.7 Å². The Morgan fingerprint density at radius 1 is 1.50 bits per heavy atom. The van der Waals surface area contributed by atoms with Crippen LogP contribution in [0.4, 0.5) is 0 Å². The van der Waals surface area contributed by atoms with Gasteiger partial charge in [-0.1, -0.05) is 5.16 Å². The van der Waals surface area contributed by atoms with Crippen molar-refractivity contribution >= 4 is 29.4 Å². The van der Waals surface area contributed by atoms with Gasteiger partial charge < -0.3 is 14.7 Å². The molecule has 1 unspecified atom stereocenters. The normalized spacial score (nSPS) is 17.8. The van der Waals surface area contributed by atoms with Gasteiger partial charge in [-0.25, -0.2) is 4.98 Å². The van der Waals surface area contributed by atoms with Gasteiger partial charge >= 0.3 is 0 Å². The standard InChI is InChI=1S/C15H20N4O2.ClH/c1-9-7-12(13-10(2)18-21-14(13)17-9)15(20)19-6-4-5-11(19)8-16-3;/h7,11,16H,4-6,8H2,1-3H3;1H. The Morgan fingerprint density at radius 3 is 3.00 bits per heavy atom. The first-order valence-electron chi connectivity index (χ1n) is 7.31. The molecule has 0 spiro atoms. The van der Waals surface area contributed by atoms with E-state index in [1.807, 2.05) is 31.9 Å². The fourth-order valence-corrected chi connectivity index (χ4v) is 3.09. The molecule has 6 nitrogen and oxygen atoms in total. The molecule has 1 atom stereocenters. The van der Waals surface area contributed by atoms with Crippen molar-refractivity contribution in [3.63, 3.8) is 0 Å². The lowest BCUT2D eigenvalue weighted by Gasteiger charge is -2.25. The van der Waals surface area contributed by atoms with Crippen LogP contribution in [-0.2, 0) is 0 Å². The summed E-state index contributed by atoms with van der Waals surface area (Å²) in [5.41, 5.74) is 2.58. The lowest BCUT2D eigenvalue weighted by Crippen LogP contribution is -2.41. The maximum Gasteiger partial charge on any atom is 0.258 e. The van der Waals surface area contributed by atoms with Gasteiger partial charge in [0.1, 0.15) is 0 Å². The van der Waals surface area contributed by atoms with E-state index in [1.165, 1.54) is 0 Å². The molecule has 0 aromatic carbocycles. The molecule has 1 aliphatic rings. The Labute approximate surface area is 135 Å². The van der Waals surface area contributed by atoms with Crippen molar-refractivity contribution in [2.24, 2.45) is 0 Å². The third kappa shape index (κ3) is 2.80. The molecule has 0 aliphatic carbocycles. The van der Waals surface area contributed by atoms with Crippen molar-refractivity contribution in [3.8, 4) is 0 Å². The lowest BCUT2D eigenvalue weighted by molar-refractivity contribution is 0.0739. The minimum atomic E-state index is 0. The Kier molecular flexibility index (Phi) is 5.03. The summed E-state index contributed by atoms with van der Waals surface area (Å²) in [4.78, 5) is 19.2. The third-order valence-corrected chi connectivity index (χ3v) is 4.05. The quantitative estimate of drug-likeness (QED) is 0.936. The van der Waals surface area contributed by atoms with Crippen LogP contribution in [0.25, 0.3) is 11.1 Å². The second-order valence-electron chi connectivity index (χ2n) is 5.61. The first kappa shape index (κ1) is 16.7. The van der Waals surface area contributed by atoms with Gasteiger partial charge in [0.15, 0.2) is 0 Å². The zero-order chi connectivity index (χ0) is 15.0. The van der Waals surface area contributed by atoms with Crippen molar-refractivity contribution in [2.75, 3.05) is 20.1 Å². The highest BCUT2D eigenvalue weighted by atomic mass is 35.5. The molecule has 0 radical (unpaired) electrons. The van der Waals surface area contributed by atoms with Gasteiger partial charge in [-0.2, -0.15) is 0 Å². The molecule has 1 N–H and O–H groups in total. The van der Waals surface area contributed by atoms with Crippen molar-refractivity contribution in [3.05, 3.63) is 23.0 Å². The smallest absolute Gasteiger partial charge is 0.258 e. The van der Waals surface area contributed by atoms with Gasteiger partial charge in [0.25, 0.3) is 11.6 Å². The van der Waals surface area contributed by atoms with E-state index in [0.29, 0.717) is 17.0 Å². The van der Waals surface area contributed by atoms with Crippen LogP contribution in [0, 0.1) is 13.8 Å². The van der Waals surface area contributed by atoms with E-state index in [9.17, 15) is 4.79 Å². The summed E-state index contributed by atoms with van der Waals surface area (Å²) in [6.45, 7) is 5.33. The second kappa shape index (κ2) is 6.62. The summed E-state index contributed by atoms with van der Waals surface area (Å²) >= 11 is 0. The van der Waals surface area contributed by atoms with Crippen LogP contribution in [0.2, 0.25) is 0 Å². The number of fused-ring (bicyclic) bond motifs is 1. The molecule has 1 aliphatic heterocycles. The number of hydrogen-bond acceptors (Lipinski definition) is 5. The first-order chi connectivity index (χ1) is 10.1. The zero-order valence-corrected chi connectivity index (χ0v) is 13.9. The van der Waals surface area contributed by atoms with E-state index < -0.39 is 0 Å². The van der Waals surface area contributed by atoms with Gasteiger partial charge in [-0.05, 0) is 39.8 Å². The van der Waals surface area contributed by atoms with Crippen molar-refractivity contribution in [1.82, 2.24) is 20.4 Å². The highest BCUT2D eigenvalue weighted by molar-refractivity contribution is 6.06. The minimum absolute atomic E-state index is 0. The molecule has 120 valence electrons. The second-order valence-corrected chi connectivity index (χ2v) is 5.61. The Bertz CT molecular complexity index is 685. The highest BCUT2D eigenvalue weighted by Gasteiger charge is 2.30. The maximum absolute atomic E-state index is 12.9. The van der Waals surface area contributed by atoms with Crippen LogP contribution in [0.5, 0.6) is 0 Å². The number of rotatable bonds is 3. The van der Waals surface area contributed by atoms with Crippen LogP contribution in [0.3, 0.4) is 0 Å². The Hall–Kier alpha value is -1.66. The number of aryl methyl sites for hydroxylation is 2. The molecular formula is C15H21ClN4O2. The fourth-order valence-electron chi connectivity index (χ4n) is 3.09. The number of pyridine rings is 1. The monoisotopic (exact) mass is 324 g/mol. The number of carbonyl (C=O) groups excluding carboxylic acids is 1. The molecule has 1 fully saturated rings. The summed E-state index contributed by atoms with van der Waals surface area (Å²) < 4.78 is 5.21. The number of amides is 1. The maximum atomic E-state index is 12.9. The number of halogens is 1. The van der Waals surface area contributed by atoms with Gasteiger partial charge in [-0.3, -0.25) is 4.79 Å². The number of nitrogens with one attached hydrogen (secondary N) is 1. The van der Waals surface area contributed by atoms with Crippen LogP contribution in [0.1, 0.15) is 34.6 Å². The first-order valence-corrected chi connectivity index (χ1v) is 7.31. The van der Waals surface area contributed by atoms with E-state index in [0.717, 1.165) is 37.0 Å². The molecule has 2 aromatic heterocycles. The van der Waals surface area contributed by atoms with E-state index in [-0.39, 0.29) is 24.4 Å². The van der Waals surface area contributed by atoms with Crippen LogP contribution >= 0.6 is 12.4 Å². The minimum Gasteiger partial charge on any atom is -0.336 e. The highest BCUT2D eigenvalue weighted by Crippen LogP contribution is 2.26. The number of carbonyl (C=O) groups is 1. The van der Waals surface area contributed by atoms with Gasteiger partial charge in [0.2, 0.25) is 0 Å². The third-order valence-electron chi connectivity index (χ3n) is 4.05. The predicted octanol–water partition coefficient (Wildman–Crippen LogP) is 2.09. The van der Waals surface area contributed by atoms with E-state index in [4.69, 9.17) is 4.52 Å². The predicted molar refractivity (Wildman–Crippen MR) is 86.5 cm³/mol. The van der Waals surface area contributed by atoms with E-state index >= 15 is 0 Å². The number of likely N-dealkylation sites (tertiary alicyclic amines) is 1. The van der Waals surface area contributed by atoms with Crippen molar-refractivity contribution in [1.29, 1.82) is 0 Å². The molecule has 1 saturated heterocycles. The Balaban J connectivity index is 0.00000176. The lowest BCUT2D eigenvalue weighted by atomic mass is 10.1. The van der Waals surface area contributed by atoms with Crippen LogP contribution in [0.15, 0.2) is 10.6 Å². The molecule has 7 heteroatoms. The number of likely N-dealkylation sites (N-methyl/N-ethyl adjacent to an activating group) is 1. The largest absolute Gasteiger partial charge is 0.336 e. The molecule has 1 amide bonds.